The van der Waals surface area contributed by atoms with E-state index in [1.165, 1.54) is 4.90 Å². The zero-order valence-corrected chi connectivity index (χ0v) is 13.8. The minimum Gasteiger partial charge on any atom is -0.481 e. The van der Waals surface area contributed by atoms with Gasteiger partial charge in [0.05, 0.1) is 11.4 Å². The zero-order chi connectivity index (χ0) is 17.1. The van der Waals surface area contributed by atoms with Gasteiger partial charge in [-0.15, -0.1) is 0 Å². The second-order valence-electron chi connectivity index (χ2n) is 5.71. The fourth-order valence-corrected chi connectivity index (χ4v) is 2.80. The van der Waals surface area contributed by atoms with Crippen LogP contribution in [0.2, 0.25) is 0 Å². The third-order valence-electron chi connectivity index (χ3n) is 4.04. The van der Waals surface area contributed by atoms with Crippen LogP contribution in [-0.4, -0.2) is 24.5 Å². The number of para-hydroxylation sites is 3. The fourth-order valence-electron chi connectivity index (χ4n) is 2.80. The van der Waals surface area contributed by atoms with Crippen molar-refractivity contribution in [2.75, 3.05) is 16.8 Å². The maximum atomic E-state index is 12.8. The van der Waals surface area contributed by atoms with Crippen molar-refractivity contribution in [2.24, 2.45) is 0 Å². The zero-order valence-electron chi connectivity index (χ0n) is 13.8. The van der Waals surface area contributed by atoms with Gasteiger partial charge in [0.15, 0.2) is 6.10 Å². The first-order valence-electron chi connectivity index (χ1n) is 8.05. The Morgan fingerprint density at radius 3 is 2.71 bits per heavy atom. The number of benzene rings is 2. The van der Waals surface area contributed by atoms with Crippen LogP contribution in [0.3, 0.4) is 0 Å². The van der Waals surface area contributed by atoms with Crippen molar-refractivity contribution in [1.29, 1.82) is 0 Å². The molecule has 1 aliphatic rings. The van der Waals surface area contributed by atoms with Crippen LogP contribution in [-0.2, 0) is 16.0 Å². The van der Waals surface area contributed by atoms with Crippen LogP contribution in [0.25, 0.3) is 0 Å². The summed E-state index contributed by atoms with van der Waals surface area (Å²) in [5, 5.41) is 2.78. The summed E-state index contributed by atoms with van der Waals surface area (Å²) in [4.78, 5) is 26.2. The summed E-state index contributed by atoms with van der Waals surface area (Å²) in [7, 11) is 0. The molecule has 5 heteroatoms. The molecule has 1 atom stereocenters. The van der Waals surface area contributed by atoms with Crippen molar-refractivity contribution in [2.45, 2.75) is 26.4 Å². The number of hydrogen-bond acceptors (Lipinski definition) is 3. The third-order valence-corrected chi connectivity index (χ3v) is 4.04. The Labute approximate surface area is 141 Å². The Morgan fingerprint density at radius 2 is 1.92 bits per heavy atom. The highest BCUT2D eigenvalue weighted by atomic mass is 16.5. The van der Waals surface area contributed by atoms with E-state index in [2.05, 4.69) is 5.32 Å². The number of amides is 2. The van der Waals surface area contributed by atoms with E-state index in [-0.39, 0.29) is 18.4 Å². The lowest BCUT2D eigenvalue weighted by atomic mass is 10.1. The van der Waals surface area contributed by atoms with Gasteiger partial charge in [0.1, 0.15) is 12.3 Å². The average Bonchev–Trinajstić information content (AvgIpc) is 2.60. The molecule has 0 unspecified atom stereocenters. The lowest BCUT2D eigenvalue weighted by Crippen LogP contribution is -2.47. The van der Waals surface area contributed by atoms with Gasteiger partial charge in [0.2, 0.25) is 5.91 Å². The first-order chi connectivity index (χ1) is 11.6. The van der Waals surface area contributed by atoms with Gasteiger partial charge in [0.25, 0.3) is 5.91 Å². The van der Waals surface area contributed by atoms with Crippen molar-refractivity contribution < 1.29 is 14.3 Å². The van der Waals surface area contributed by atoms with E-state index in [4.69, 9.17) is 4.74 Å². The molecule has 5 nitrogen and oxygen atoms in total. The molecule has 0 spiro atoms. The van der Waals surface area contributed by atoms with E-state index >= 15 is 0 Å². The molecule has 0 saturated carbocycles. The lowest BCUT2D eigenvalue weighted by Gasteiger charge is -2.31. The van der Waals surface area contributed by atoms with Gasteiger partial charge >= 0.3 is 0 Å². The molecule has 0 bridgehead atoms. The molecular weight excluding hydrogens is 304 g/mol. The van der Waals surface area contributed by atoms with Crippen LogP contribution in [0.4, 0.5) is 11.4 Å². The second-order valence-corrected chi connectivity index (χ2v) is 5.71. The summed E-state index contributed by atoms with van der Waals surface area (Å²) in [5.74, 6) is 0.266. The summed E-state index contributed by atoms with van der Waals surface area (Å²) in [5.41, 5.74) is 2.39. The second kappa shape index (κ2) is 6.74. The maximum absolute atomic E-state index is 12.8. The summed E-state index contributed by atoms with van der Waals surface area (Å²) in [6, 6.07) is 14.9. The first-order valence-corrected chi connectivity index (χ1v) is 8.05. The minimum absolute atomic E-state index is 0.00102. The van der Waals surface area contributed by atoms with Crippen LogP contribution in [0.15, 0.2) is 48.5 Å². The van der Waals surface area contributed by atoms with Gasteiger partial charge in [0, 0.05) is 0 Å². The molecule has 0 fully saturated rings. The van der Waals surface area contributed by atoms with E-state index in [1.54, 1.807) is 13.0 Å². The Bertz CT molecular complexity index is 773. The van der Waals surface area contributed by atoms with Gasteiger partial charge in [-0.25, -0.2) is 0 Å². The normalized spacial score (nSPS) is 14.6. The van der Waals surface area contributed by atoms with Crippen molar-refractivity contribution in [3.63, 3.8) is 0 Å². The van der Waals surface area contributed by atoms with Crippen molar-refractivity contribution in [1.82, 2.24) is 0 Å². The van der Waals surface area contributed by atoms with E-state index in [0.717, 1.165) is 12.0 Å². The van der Waals surface area contributed by atoms with Crippen LogP contribution in [0.1, 0.15) is 19.4 Å². The number of anilines is 2. The topological polar surface area (TPSA) is 58.6 Å². The van der Waals surface area contributed by atoms with Crippen LogP contribution < -0.4 is 15.0 Å². The molecule has 2 aromatic rings. The number of hydrogen-bond donors (Lipinski definition) is 1. The van der Waals surface area contributed by atoms with Crippen LogP contribution in [0.5, 0.6) is 5.75 Å². The van der Waals surface area contributed by atoms with Gasteiger partial charge in [-0.05, 0) is 37.1 Å². The van der Waals surface area contributed by atoms with E-state index in [1.807, 2.05) is 49.4 Å². The third kappa shape index (κ3) is 3.11. The van der Waals surface area contributed by atoms with E-state index < -0.39 is 6.10 Å². The molecule has 2 amide bonds. The molecule has 0 aliphatic carbocycles. The number of ether oxygens (including phenoxy) is 1. The maximum Gasteiger partial charge on any atom is 0.268 e. The monoisotopic (exact) mass is 324 g/mol. The summed E-state index contributed by atoms with van der Waals surface area (Å²) in [6.07, 6.45) is 0.142. The van der Waals surface area contributed by atoms with Crippen molar-refractivity contribution >= 4 is 23.2 Å². The summed E-state index contributed by atoms with van der Waals surface area (Å²) < 4.78 is 5.88. The molecule has 1 heterocycles. The predicted octanol–water partition coefficient (Wildman–Crippen LogP) is 3.00. The Hall–Kier alpha value is -2.82. The Morgan fingerprint density at radius 1 is 1.21 bits per heavy atom. The van der Waals surface area contributed by atoms with Crippen molar-refractivity contribution in [3.05, 3.63) is 54.1 Å². The summed E-state index contributed by atoms with van der Waals surface area (Å²) >= 11 is 0. The highest BCUT2D eigenvalue weighted by Crippen LogP contribution is 2.30. The predicted molar refractivity (Wildman–Crippen MR) is 93.3 cm³/mol. The molecule has 3 rings (SSSR count). The van der Waals surface area contributed by atoms with Gasteiger partial charge < -0.3 is 10.1 Å². The molecule has 1 N–H and O–H groups in total. The van der Waals surface area contributed by atoms with Crippen molar-refractivity contribution in [3.8, 4) is 5.75 Å². The molecule has 0 radical (unpaired) electrons. The number of aryl methyl sites for hydroxylation is 1. The quantitative estimate of drug-likeness (QED) is 0.940. The lowest BCUT2D eigenvalue weighted by molar-refractivity contribution is -0.126. The molecule has 24 heavy (non-hydrogen) atoms. The average molecular weight is 324 g/mol. The van der Waals surface area contributed by atoms with Gasteiger partial charge in [-0.1, -0.05) is 37.3 Å². The van der Waals surface area contributed by atoms with Crippen LogP contribution in [0, 0.1) is 0 Å². The fraction of sp³-hybridized carbons (Fsp3) is 0.263. The number of nitrogens with zero attached hydrogens (tertiary/aromatic N) is 1. The summed E-state index contributed by atoms with van der Waals surface area (Å²) in [6.45, 7) is 3.75. The van der Waals surface area contributed by atoms with Gasteiger partial charge in [-0.2, -0.15) is 0 Å². The number of nitrogens with one attached hydrogen (secondary N) is 1. The largest absolute Gasteiger partial charge is 0.481 e. The standard InChI is InChI=1S/C19H20N2O3/c1-3-14-8-4-7-11-17(14)24-13(2)19(23)21-12-18(22)20-15-9-5-6-10-16(15)21/h4-11,13H,3,12H2,1-2H3,(H,20,22)/t13-/m0/s1. The first kappa shape index (κ1) is 16.1. The Balaban J connectivity index is 1.82. The highest BCUT2D eigenvalue weighted by Gasteiger charge is 2.30. The molecule has 0 saturated heterocycles. The van der Waals surface area contributed by atoms with Gasteiger partial charge in [-0.3, -0.25) is 14.5 Å². The smallest absolute Gasteiger partial charge is 0.268 e. The number of carbonyl (C=O) groups is 2. The Kier molecular flexibility index (Phi) is 4.51. The molecular formula is C19H20N2O3. The molecule has 124 valence electrons. The molecule has 1 aliphatic heterocycles. The van der Waals surface area contributed by atoms with Crippen LogP contribution >= 0.6 is 0 Å². The molecule has 0 aromatic heterocycles. The number of rotatable bonds is 4. The van der Waals surface area contributed by atoms with E-state index in [9.17, 15) is 9.59 Å². The number of fused-ring (bicyclic) bond motifs is 1. The number of carbonyl (C=O) groups excluding carboxylic acids is 2. The molecule has 2 aromatic carbocycles. The SMILES string of the molecule is CCc1ccccc1O[C@@H](C)C(=O)N1CC(=O)Nc2ccccc21. The highest BCUT2D eigenvalue weighted by molar-refractivity contribution is 6.10. The van der Waals surface area contributed by atoms with E-state index in [0.29, 0.717) is 17.1 Å². The minimum atomic E-state index is -0.684.